The quantitative estimate of drug-likeness (QED) is 0.865. The summed E-state index contributed by atoms with van der Waals surface area (Å²) in [4.78, 5) is 6.78. The van der Waals surface area contributed by atoms with E-state index in [2.05, 4.69) is 41.9 Å². The number of para-hydroxylation sites is 1. The zero-order chi connectivity index (χ0) is 13.7. The van der Waals surface area contributed by atoms with Gasteiger partial charge in [-0.25, -0.2) is 0 Å². The summed E-state index contributed by atoms with van der Waals surface area (Å²) >= 11 is 0. The lowest BCUT2D eigenvalue weighted by Gasteiger charge is -2.26. The summed E-state index contributed by atoms with van der Waals surface area (Å²) in [5, 5.41) is 10.2. The van der Waals surface area contributed by atoms with Crippen molar-refractivity contribution in [2.45, 2.75) is 32.9 Å². The van der Waals surface area contributed by atoms with Gasteiger partial charge in [0.25, 0.3) is 0 Å². The number of hydrogen-bond donors (Lipinski definition) is 1. The number of rotatable bonds is 6. The van der Waals surface area contributed by atoms with Crippen LogP contribution >= 0.6 is 0 Å². The largest absolute Gasteiger partial charge is 0.396 e. The maximum atomic E-state index is 9.00. The molecule has 0 bridgehead atoms. The molecule has 1 aromatic carbocycles. The molecule has 2 rings (SSSR count). The van der Waals surface area contributed by atoms with E-state index in [1.807, 2.05) is 18.3 Å². The van der Waals surface area contributed by atoms with Crippen LogP contribution in [0.1, 0.15) is 25.8 Å². The summed E-state index contributed by atoms with van der Waals surface area (Å²) in [7, 11) is 0. The van der Waals surface area contributed by atoms with Crippen LogP contribution < -0.4 is 0 Å². The van der Waals surface area contributed by atoms with Gasteiger partial charge < -0.3 is 5.11 Å². The van der Waals surface area contributed by atoms with Crippen molar-refractivity contribution in [1.82, 2.24) is 9.88 Å². The number of pyridine rings is 1. The average Bonchev–Trinajstić information content (AvgIpc) is 2.43. The van der Waals surface area contributed by atoms with Crippen LogP contribution in [0.3, 0.4) is 0 Å². The minimum atomic E-state index is 0.250. The molecular formula is C16H22N2O. The van der Waals surface area contributed by atoms with Gasteiger partial charge in [-0.15, -0.1) is 0 Å². The van der Waals surface area contributed by atoms with Crippen LogP contribution in [0.15, 0.2) is 36.5 Å². The predicted molar refractivity (Wildman–Crippen MR) is 79.0 cm³/mol. The Labute approximate surface area is 114 Å². The van der Waals surface area contributed by atoms with Crippen LogP contribution in [0.25, 0.3) is 10.9 Å². The van der Waals surface area contributed by atoms with E-state index in [-0.39, 0.29) is 6.61 Å². The van der Waals surface area contributed by atoms with Crippen molar-refractivity contribution < 1.29 is 5.11 Å². The van der Waals surface area contributed by atoms with Crippen molar-refractivity contribution in [3.05, 3.63) is 42.1 Å². The fourth-order valence-corrected chi connectivity index (χ4v) is 2.31. The SMILES string of the molecule is CC(C)N(CCCO)Cc1ccnc2ccccc12. The molecule has 2 aromatic rings. The first kappa shape index (κ1) is 14.0. The fourth-order valence-electron chi connectivity index (χ4n) is 2.31. The first-order chi connectivity index (χ1) is 9.22. The van der Waals surface area contributed by atoms with E-state index in [0.29, 0.717) is 6.04 Å². The number of aliphatic hydroxyl groups excluding tert-OH is 1. The lowest BCUT2D eigenvalue weighted by Crippen LogP contribution is -2.31. The minimum absolute atomic E-state index is 0.250. The molecule has 0 aliphatic heterocycles. The number of fused-ring (bicyclic) bond motifs is 1. The zero-order valence-corrected chi connectivity index (χ0v) is 11.7. The van der Waals surface area contributed by atoms with Crippen LogP contribution in [-0.2, 0) is 6.54 Å². The third-order valence-electron chi connectivity index (χ3n) is 3.45. The molecule has 0 fully saturated rings. The highest BCUT2D eigenvalue weighted by Gasteiger charge is 2.11. The van der Waals surface area contributed by atoms with E-state index in [9.17, 15) is 0 Å². The monoisotopic (exact) mass is 258 g/mol. The number of aliphatic hydroxyl groups is 1. The van der Waals surface area contributed by atoms with Gasteiger partial charge in [-0.05, 0) is 38.0 Å². The van der Waals surface area contributed by atoms with Crippen molar-refractivity contribution in [1.29, 1.82) is 0 Å². The summed E-state index contributed by atoms with van der Waals surface area (Å²) < 4.78 is 0. The lowest BCUT2D eigenvalue weighted by atomic mass is 10.1. The van der Waals surface area contributed by atoms with Gasteiger partial charge in [-0.1, -0.05) is 18.2 Å². The second-order valence-corrected chi connectivity index (χ2v) is 5.13. The van der Waals surface area contributed by atoms with Gasteiger partial charge in [0, 0.05) is 37.3 Å². The molecular weight excluding hydrogens is 236 g/mol. The Morgan fingerprint density at radius 3 is 2.74 bits per heavy atom. The second kappa shape index (κ2) is 6.64. The van der Waals surface area contributed by atoms with Crippen molar-refractivity contribution in [2.24, 2.45) is 0 Å². The van der Waals surface area contributed by atoms with Crippen molar-refractivity contribution in [3.63, 3.8) is 0 Å². The molecule has 1 N–H and O–H groups in total. The molecule has 3 nitrogen and oxygen atoms in total. The molecule has 3 heteroatoms. The highest BCUT2D eigenvalue weighted by atomic mass is 16.3. The van der Waals surface area contributed by atoms with Gasteiger partial charge >= 0.3 is 0 Å². The number of nitrogens with zero attached hydrogens (tertiary/aromatic N) is 2. The summed E-state index contributed by atoms with van der Waals surface area (Å²) in [5.74, 6) is 0. The van der Waals surface area contributed by atoms with Crippen molar-refractivity contribution in [2.75, 3.05) is 13.2 Å². The molecule has 0 unspecified atom stereocenters. The molecule has 102 valence electrons. The van der Waals surface area contributed by atoms with E-state index < -0.39 is 0 Å². The Bertz CT molecular complexity index is 520. The average molecular weight is 258 g/mol. The number of aromatic nitrogens is 1. The van der Waals surface area contributed by atoms with E-state index in [4.69, 9.17) is 5.11 Å². The van der Waals surface area contributed by atoms with Crippen molar-refractivity contribution >= 4 is 10.9 Å². The minimum Gasteiger partial charge on any atom is -0.396 e. The molecule has 0 saturated carbocycles. The molecule has 19 heavy (non-hydrogen) atoms. The smallest absolute Gasteiger partial charge is 0.0705 e. The Morgan fingerprint density at radius 2 is 2.00 bits per heavy atom. The fraction of sp³-hybridized carbons (Fsp3) is 0.438. The first-order valence-electron chi connectivity index (χ1n) is 6.90. The normalized spacial score (nSPS) is 11.6. The van der Waals surface area contributed by atoms with Crippen LogP contribution in [0.2, 0.25) is 0 Å². The van der Waals surface area contributed by atoms with Crippen LogP contribution in [0.5, 0.6) is 0 Å². The standard InChI is InChI=1S/C16H22N2O/c1-13(2)18(10-5-11-19)12-14-8-9-17-16-7-4-3-6-15(14)16/h3-4,6-9,13,19H,5,10-12H2,1-2H3. The highest BCUT2D eigenvalue weighted by Crippen LogP contribution is 2.19. The van der Waals surface area contributed by atoms with Gasteiger partial charge in [0.15, 0.2) is 0 Å². The van der Waals surface area contributed by atoms with E-state index in [0.717, 1.165) is 25.0 Å². The van der Waals surface area contributed by atoms with Crippen LogP contribution in [0.4, 0.5) is 0 Å². The zero-order valence-electron chi connectivity index (χ0n) is 11.7. The molecule has 0 atom stereocenters. The molecule has 0 saturated heterocycles. The second-order valence-electron chi connectivity index (χ2n) is 5.13. The molecule has 0 aliphatic carbocycles. The van der Waals surface area contributed by atoms with E-state index in [1.54, 1.807) is 0 Å². The van der Waals surface area contributed by atoms with Gasteiger partial charge in [-0.3, -0.25) is 9.88 Å². The number of hydrogen-bond acceptors (Lipinski definition) is 3. The van der Waals surface area contributed by atoms with Gasteiger partial charge in [0.1, 0.15) is 0 Å². The maximum Gasteiger partial charge on any atom is 0.0705 e. The molecule has 0 aliphatic rings. The van der Waals surface area contributed by atoms with Crippen molar-refractivity contribution in [3.8, 4) is 0 Å². The third-order valence-corrected chi connectivity index (χ3v) is 3.45. The molecule has 0 amide bonds. The third kappa shape index (κ3) is 3.52. The molecule has 0 spiro atoms. The Balaban J connectivity index is 2.23. The molecule has 1 heterocycles. The first-order valence-corrected chi connectivity index (χ1v) is 6.90. The van der Waals surface area contributed by atoms with Gasteiger partial charge in [0.2, 0.25) is 0 Å². The highest BCUT2D eigenvalue weighted by molar-refractivity contribution is 5.81. The van der Waals surface area contributed by atoms with Gasteiger partial charge in [0.05, 0.1) is 5.52 Å². The Kier molecular flexibility index (Phi) is 4.88. The maximum absolute atomic E-state index is 9.00. The summed E-state index contributed by atoms with van der Waals surface area (Å²) in [5.41, 5.74) is 2.35. The van der Waals surface area contributed by atoms with Crippen LogP contribution in [0, 0.1) is 0 Å². The summed E-state index contributed by atoms with van der Waals surface area (Å²) in [6, 6.07) is 10.8. The lowest BCUT2D eigenvalue weighted by molar-refractivity contribution is 0.185. The van der Waals surface area contributed by atoms with E-state index >= 15 is 0 Å². The molecule has 1 aromatic heterocycles. The molecule has 0 radical (unpaired) electrons. The topological polar surface area (TPSA) is 36.4 Å². The van der Waals surface area contributed by atoms with E-state index in [1.165, 1.54) is 10.9 Å². The predicted octanol–water partition coefficient (Wildman–Crippen LogP) is 2.83. The Hall–Kier alpha value is -1.45. The van der Waals surface area contributed by atoms with Gasteiger partial charge in [-0.2, -0.15) is 0 Å². The van der Waals surface area contributed by atoms with Crippen LogP contribution in [-0.4, -0.2) is 34.2 Å². The summed E-state index contributed by atoms with van der Waals surface area (Å²) in [6.45, 7) is 6.47. The number of benzene rings is 1. The summed E-state index contributed by atoms with van der Waals surface area (Å²) in [6.07, 6.45) is 2.70. The Morgan fingerprint density at radius 1 is 1.21 bits per heavy atom.